The summed E-state index contributed by atoms with van der Waals surface area (Å²) >= 11 is 0. The van der Waals surface area contributed by atoms with Crippen molar-refractivity contribution in [1.82, 2.24) is 15.1 Å². The van der Waals surface area contributed by atoms with Crippen molar-refractivity contribution in [2.75, 3.05) is 26.2 Å². The summed E-state index contributed by atoms with van der Waals surface area (Å²) in [7, 11) is 0. The predicted molar refractivity (Wildman–Crippen MR) is 105 cm³/mol. The van der Waals surface area contributed by atoms with E-state index < -0.39 is 29.3 Å². The number of hydrogen-bond acceptors (Lipinski definition) is 7. The summed E-state index contributed by atoms with van der Waals surface area (Å²) < 4.78 is 5.49. The highest BCUT2D eigenvalue weighted by atomic mass is 35.5. The minimum absolute atomic E-state index is 0. The number of halogens is 1. The van der Waals surface area contributed by atoms with Crippen molar-refractivity contribution in [3.8, 4) is 5.75 Å². The Hall–Kier alpha value is -2.49. The van der Waals surface area contributed by atoms with E-state index in [4.69, 9.17) is 4.74 Å². The first-order valence-electron chi connectivity index (χ1n) is 9.15. The highest BCUT2D eigenvalue weighted by molar-refractivity contribution is 6.14. The molecule has 0 spiro atoms. The molecule has 29 heavy (non-hydrogen) atoms. The van der Waals surface area contributed by atoms with Crippen molar-refractivity contribution in [2.24, 2.45) is 0 Å². The monoisotopic (exact) mass is 425 g/mol. The number of carbonyl (C=O) groups is 4. The van der Waals surface area contributed by atoms with Crippen LogP contribution in [0.1, 0.15) is 19.8 Å². The number of carbonyl (C=O) groups excluding carboxylic acids is 3. The first-order valence-corrected chi connectivity index (χ1v) is 9.15. The molecule has 0 saturated carbocycles. The Morgan fingerprint density at radius 1 is 1.10 bits per heavy atom. The third-order valence-electron chi connectivity index (χ3n) is 5.09. The summed E-state index contributed by atoms with van der Waals surface area (Å²) in [5.41, 5.74) is -2.73. The molecule has 2 N–H and O–H groups in total. The van der Waals surface area contributed by atoms with E-state index in [0.29, 0.717) is 4.90 Å². The molecule has 9 nitrogen and oxygen atoms in total. The normalized spacial score (nSPS) is 20.5. The predicted octanol–water partition coefficient (Wildman–Crippen LogP) is 0.280. The van der Waals surface area contributed by atoms with E-state index in [-0.39, 0.29) is 37.3 Å². The van der Waals surface area contributed by atoms with E-state index in [2.05, 4.69) is 5.32 Å². The zero-order valence-electron chi connectivity index (χ0n) is 16.0. The fourth-order valence-corrected chi connectivity index (χ4v) is 3.69. The first kappa shape index (κ1) is 22.8. The van der Waals surface area contributed by atoms with Gasteiger partial charge in [-0.2, -0.15) is 0 Å². The van der Waals surface area contributed by atoms with Gasteiger partial charge in [-0.1, -0.05) is 18.2 Å². The summed E-state index contributed by atoms with van der Waals surface area (Å²) in [6.45, 7) is 2.29. The van der Waals surface area contributed by atoms with Crippen LogP contribution in [0.25, 0.3) is 0 Å². The number of aliphatic carboxylic acids is 1. The number of carboxylic acid groups (broad SMARTS) is 1. The number of Topliss-reactive ketones (excluding diaryl/α,β-unsaturated/α-hetero) is 1. The number of piperidine rings is 1. The van der Waals surface area contributed by atoms with Gasteiger partial charge in [0.2, 0.25) is 17.6 Å². The van der Waals surface area contributed by atoms with E-state index in [1.807, 2.05) is 0 Å². The number of nitrogens with one attached hydrogen (secondary N) is 1. The number of carboxylic acids is 1. The average molecular weight is 426 g/mol. The van der Waals surface area contributed by atoms with Crippen molar-refractivity contribution in [3.63, 3.8) is 0 Å². The van der Waals surface area contributed by atoms with E-state index >= 15 is 0 Å². The molecule has 2 aliphatic heterocycles. The minimum atomic E-state index is -2.73. The molecule has 0 bridgehead atoms. The van der Waals surface area contributed by atoms with Gasteiger partial charge in [0, 0.05) is 13.0 Å². The Balaban J connectivity index is 0.00000300. The van der Waals surface area contributed by atoms with Crippen molar-refractivity contribution in [3.05, 3.63) is 30.3 Å². The van der Waals surface area contributed by atoms with Crippen molar-refractivity contribution in [1.29, 1.82) is 0 Å². The second-order valence-electron chi connectivity index (χ2n) is 6.93. The van der Waals surface area contributed by atoms with Gasteiger partial charge in [-0.05, 0) is 38.1 Å². The lowest BCUT2D eigenvalue weighted by molar-refractivity contribution is -0.194. The largest absolute Gasteiger partial charge is 0.476 e. The molecule has 2 heterocycles. The Morgan fingerprint density at radius 3 is 2.14 bits per heavy atom. The second-order valence-corrected chi connectivity index (χ2v) is 6.93. The molecule has 3 rings (SSSR count). The van der Waals surface area contributed by atoms with Crippen LogP contribution in [-0.4, -0.2) is 76.4 Å². The molecule has 1 atom stereocenters. The maximum atomic E-state index is 12.9. The molecule has 2 aliphatic rings. The number of para-hydroxylation sites is 1. The van der Waals surface area contributed by atoms with Crippen LogP contribution in [0, 0.1) is 0 Å². The van der Waals surface area contributed by atoms with E-state index in [1.165, 1.54) is 12.1 Å². The topological polar surface area (TPSA) is 116 Å². The van der Waals surface area contributed by atoms with E-state index in [0.717, 1.165) is 32.9 Å². The van der Waals surface area contributed by atoms with E-state index in [1.54, 1.807) is 23.1 Å². The molecule has 158 valence electrons. The number of hydrogen-bond donors (Lipinski definition) is 2. The maximum absolute atomic E-state index is 12.9. The van der Waals surface area contributed by atoms with Gasteiger partial charge in [-0.3, -0.25) is 19.3 Å². The molecule has 1 unspecified atom stereocenters. The van der Waals surface area contributed by atoms with Gasteiger partial charge in [-0.15, -0.1) is 12.4 Å². The fourth-order valence-electron chi connectivity index (χ4n) is 3.69. The van der Waals surface area contributed by atoms with Crippen molar-refractivity contribution < 1.29 is 29.0 Å². The van der Waals surface area contributed by atoms with Crippen molar-refractivity contribution in [2.45, 2.75) is 31.5 Å². The molecule has 2 saturated heterocycles. The third-order valence-corrected chi connectivity index (χ3v) is 5.09. The van der Waals surface area contributed by atoms with Gasteiger partial charge in [0.25, 0.3) is 0 Å². The van der Waals surface area contributed by atoms with E-state index in [9.17, 15) is 24.3 Å². The SMILES string of the molecule is CC(=O)C(Oc1ccccc1)(C(=O)O)N1C(=O)CN(C2CCNCC2)CC1=O.Cl. The van der Waals surface area contributed by atoms with Gasteiger partial charge >= 0.3 is 11.7 Å². The molecule has 0 aromatic heterocycles. The number of piperazine rings is 1. The highest BCUT2D eigenvalue weighted by Crippen LogP contribution is 2.27. The Morgan fingerprint density at radius 2 is 1.66 bits per heavy atom. The average Bonchev–Trinajstić information content (AvgIpc) is 2.67. The van der Waals surface area contributed by atoms with Crippen LogP contribution in [-0.2, 0) is 19.2 Å². The molecule has 1 aromatic carbocycles. The Kier molecular flexibility index (Phi) is 7.34. The molecule has 2 fully saturated rings. The van der Waals surface area contributed by atoms with Crippen LogP contribution < -0.4 is 10.1 Å². The number of rotatable bonds is 6. The fraction of sp³-hybridized carbons (Fsp3) is 0.474. The van der Waals surface area contributed by atoms with Gasteiger partial charge < -0.3 is 15.2 Å². The van der Waals surface area contributed by atoms with Gasteiger partial charge in [0.15, 0.2) is 0 Å². The summed E-state index contributed by atoms with van der Waals surface area (Å²) in [4.78, 5) is 52.5. The van der Waals surface area contributed by atoms with Crippen LogP contribution in [0.5, 0.6) is 5.75 Å². The molecule has 2 amide bonds. The highest BCUT2D eigenvalue weighted by Gasteiger charge is 2.58. The summed E-state index contributed by atoms with van der Waals surface area (Å²) in [6.07, 6.45) is 1.58. The van der Waals surface area contributed by atoms with Gasteiger partial charge in [0.05, 0.1) is 13.1 Å². The van der Waals surface area contributed by atoms with Crippen LogP contribution in [0.2, 0.25) is 0 Å². The number of benzene rings is 1. The molecule has 1 aromatic rings. The van der Waals surface area contributed by atoms with Crippen LogP contribution in [0.3, 0.4) is 0 Å². The summed E-state index contributed by atoms with van der Waals surface area (Å²) in [6, 6.07) is 7.86. The van der Waals surface area contributed by atoms with Gasteiger partial charge in [0.1, 0.15) is 5.75 Å². The molecule has 10 heteroatoms. The Labute approximate surface area is 174 Å². The van der Waals surface area contributed by atoms with Crippen molar-refractivity contribution >= 4 is 36.0 Å². The minimum Gasteiger partial charge on any atom is -0.476 e. The quantitative estimate of drug-likeness (QED) is 0.493. The smallest absolute Gasteiger partial charge is 0.379 e. The number of nitrogens with zero attached hydrogens (tertiary/aromatic N) is 2. The number of imide groups is 1. The third kappa shape index (κ3) is 4.42. The standard InChI is InChI=1S/C19H23N3O6.ClH/c1-13(23)19(18(26)27,28-15-5-3-2-4-6-15)22-16(24)11-21(12-17(22)25)14-7-9-20-10-8-14;/h2-6,14,20H,7-12H2,1H3,(H,26,27);1H. The molecule has 0 aliphatic carbocycles. The zero-order chi connectivity index (χ0) is 20.3. The lowest BCUT2D eigenvalue weighted by Gasteiger charge is -2.43. The van der Waals surface area contributed by atoms with Crippen LogP contribution in [0.15, 0.2) is 30.3 Å². The number of ether oxygens (including phenoxy) is 1. The van der Waals surface area contributed by atoms with Crippen LogP contribution in [0.4, 0.5) is 0 Å². The summed E-state index contributed by atoms with van der Waals surface area (Å²) in [5.74, 6) is -4.12. The lowest BCUT2D eigenvalue weighted by atomic mass is 10.0. The molecule has 0 radical (unpaired) electrons. The summed E-state index contributed by atoms with van der Waals surface area (Å²) in [5, 5.41) is 13.1. The number of ketones is 1. The maximum Gasteiger partial charge on any atom is 0.379 e. The second kappa shape index (κ2) is 9.34. The Bertz CT molecular complexity index is 749. The van der Waals surface area contributed by atoms with Crippen LogP contribution >= 0.6 is 12.4 Å². The molecular weight excluding hydrogens is 402 g/mol. The first-order chi connectivity index (χ1) is 13.4. The zero-order valence-corrected chi connectivity index (χ0v) is 16.8. The lowest BCUT2D eigenvalue weighted by Crippen LogP contribution is -2.72. The molecular formula is C19H24ClN3O6. The van der Waals surface area contributed by atoms with Gasteiger partial charge in [-0.25, -0.2) is 9.69 Å². The number of amides is 2.